The standard InChI is InChI=1S/C15H17BrN2OS.ClH/c16-14-7-6-12(20-14)8-9-18-15(19)13(17)10-11-4-2-1-3-5-11;/h1-7,13H,8-10,17H2,(H,18,19);1H/t13-;/m0./s1. The summed E-state index contributed by atoms with van der Waals surface area (Å²) in [5, 5.41) is 2.89. The molecule has 0 bridgehead atoms. The second-order valence-corrected chi connectivity index (χ2v) is 7.09. The molecule has 21 heavy (non-hydrogen) atoms. The lowest BCUT2D eigenvalue weighted by atomic mass is 10.1. The molecular weight excluding hydrogens is 372 g/mol. The Kier molecular flexibility index (Phi) is 7.96. The number of thiophene rings is 1. The van der Waals surface area contributed by atoms with Gasteiger partial charge in [0.25, 0.3) is 0 Å². The van der Waals surface area contributed by atoms with E-state index in [0.717, 1.165) is 15.8 Å². The fourth-order valence-electron chi connectivity index (χ4n) is 1.89. The van der Waals surface area contributed by atoms with Crippen molar-refractivity contribution in [2.24, 2.45) is 5.73 Å². The Labute approximate surface area is 143 Å². The maximum Gasteiger partial charge on any atom is 0.237 e. The van der Waals surface area contributed by atoms with Crippen LogP contribution in [-0.2, 0) is 17.6 Å². The highest BCUT2D eigenvalue weighted by Gasteiger charge is 2.13. The fourth-order valence-corrected chi connectivity index (χ4v) is 3.37. The predicted molar refractivity (Wildman–Crippen MR) is 94.1 cm³/mol. The lowest BCUT2D eigenvalue weighted by molar-refractivity contribution is -0.122. The van der Waals surface area contributed by atoms with Gasteiger partial charge < -0.3 is 11.1 Å². The SMILES string of the molecule is Cl.N[C@@H](Cc1ccccc1)C(=O)NCCc1ccc(Br)s1. The molecule has 2 rings (SSSR count). The van der Waals surface area contributed by atoms with E-state index in [1.54, 1.807) is 11.3 Å². The van der Waals surface area contributed by atoms with Gasteiger partial charge in [-0.05, 0) is 46.5 Å². The quantitative estimate of drug-likeness (QED) is 0.797. The molecule has 114 valence electrons. The van der Waals surface area contributed by atoms with E-state index in [1.165, 1.54) is 4.88 Å². The number of carbonyl (C=O) groups is 1. The van der Waals surface area contributed by atoms with Gasteiger partial charge in [-0.1, -0.05) is 30.3 Å². The second kappa shape index (κ2) is 9.20. The van der Waals surface area contributed by atoms with Crippen LogP contribution in [0.3, 0.4) is 0 Å². The van der Waals surface area contributed by atoms with E-state index in [4.69, 9.17) is 5.73 Å². The zero-order valence-corrected chi connectivity index (χ0v) is 14.6. The molecular formula is C15H18BrClN2OS. The fraction of sp³-hybridized carbons (Fsp3) is 0.267. The first kappa shape index (κ1) is 18.2. The van der Waals surface area contributed by atoms with Crippen LogP contribution in [0.4, 0.5) is 0 Å². The van der Waals surface area contributed by atoms with Crippen LogP contribution in [0, 0.1) is 0 Å². The summed E-state index contributed by atoms with van der Waals surface area (Å²) in [6.07, 6.45) is 1.40. The number of carbonyl (C=O) groups excluding carboxylic acids is 1. The van der Waals surface area contributed by atoms with Gasteiger partial charge in [0.2, 0.25) is 5.91 Å². The molecule has 0 unspecified atom stereocenters. The molecule has 1 aromatic carbocycles. The molecule has 1 heterocycles. The van der Waals surface area contributed by atoms with E-state index >= 15 is 0 Å². The van der Waals surface area contributed by atoms with Crippen molar-refractivity contribution in [2.45, 2.75) is 18.9 Å². The van der Waals surface area contributed by atoms with Gasteiger partial charge in [0, 0.05) is 11.4 Å². The van der Waals surface area contributed by atoms with Crippen molar-refractivity contribution in [3.63, 3.8) is 0 Å². The molecule has 1 amide bonds. The third kappa shape index (κ3) is 6.18. The van der Waals surface area contributed by atoms with Gasteiger partial charge in [-0.25, -0.2) is 0 Å². The molecule has 6 heteroatoms. The summed E-state index contributed by atoms with van der Waals surface area (Å²) < 4.78 is 1.11. The third-order valence-corrected chi connectivity index (χ3v) is 4.62. The number of hydrogen-bond acceptors (Lipinski definition) is 3. The minimum absolute atomic E-state index is 0. The summed E-state index contributed by atoms with van der Waals surface area (Å²) in [6, 6.07) is 13.4. The number of nitrogens with two attached hydrogens (primary N) is 1. The minimum atomic E-state index is -0.493. The van der Waals surface area contributed by atoms with Crippen LogP contribution in [0.25, 0.3) is 0 Å². The summed E-state index contributed by atoms with van der Waals surface area (Å²) >= 11 is 5.11. The van der Waals surface area contributed by atoms with Crippen LogP contribution < -0.4 is 11.1 Å². The lowest BCUT2D eigenvalue weighted by Crippen LogP contribution is -2.42. The van der Waals surface area contributed by atoms with Gasteiger partial charge in [0.15, 0.2) is 0 Å². The third-order valence-electron chi connectivity index (χ3n) is 2.93. The number of rotatable bonds is 6. The first-order chi connectivity index (χ1) is 9.65. The number of hydrogen-bond donors (Lipinski definition) is 2. The Morgan fingerprint density at radius 3 is 2.57 bits per heavy atom. The Hall–Kier alpha value is -0.880. The predicted octanol–water partition coefficient (Wildman–Crippen LogP) is 3.16. The molecule has 0 saturated carbocycles. The van der Waals surface area contributed by atoms with Gasteiger partial charge >= 0.3 is 0 Å². The Bertz CT molecular complexity index is 562. The minimum Gasteiger partial charge on any atom is -0.354 e. The molecule has 0 spiro atoms. The smallest absolute Gasteiger partial charge is 0.237 e. The monoisotopic (exact) mass is 388 g/mol. The van der Waals surface area contributed by atoms with Crippen LogP contribution in [0.15, 0.2) is 46.3 Å². The van der Waals surface area contributed by atoms with Gasteiger partial charge in [-0.3, -0.25) is 4.79 Å². The molecule has 0 saturated heterocycles. The molecule has 1 aromatic heterocycles. The summed E-state index contributed by atoms with van der Waals surface area (Å²) in [4.78, 5) is 13.1. The lowest BCUT2D eigenvalue weighted by Gasteiger charge is -2.12. The van der Waals surface area contributed by atoms with Gasteiger partial charge in [0.1, 0.15) is 0 Å². The van der Waals surface area contributed by atoms with Crippen molar-refractivity contribution in [2.75, 3.05) is 6.54 Å². The Balaban J connectivity index is 0.00000220. The molecule has 1 atom stereocenters. The van der Waals surface area contributed by atoms with Crippen LogP contribution in [-0.4, -0.2) is 18.5 Å². The van der Waals surface area contributed by atoms with Crippen LogP contribution in [0.5, 0.6) is 0 Å². The second-order valence-electron chi connectivity index (χ2n) is 4.54. The van der Waals surface area contributed by atoms with Gasteiger partial charge in [0.05, 0.1) is 9.83 Å². The molecule has 2 aromatic rings. The maximum absolute atomic E-state index is 11.9. The Morgan fingerprint density at radius 1 is 1.24 bits per heavy atom. The van der Waals surface area contributed by atoms with Crippen molar-refractivity contribution in [1.82, 2.24) is 5.32 Å². The maximum atomic E-state index is 11.9. The first-order valence-electron chi connectivity index (χ1n) is 6.46. The van der Waals surface area contributed by atoms with Gasteiger partial charge in [-0.15, -0.1) is 23.7 Å². The van der Waals surface area contributed by atoms with Crippen molar-refractivity contribution in [3.05, 3.63) is 56.7 Å². The average molecular weight is 390 g/mol. The molecule has 0 radical (unpaired) electrons. The zero-order valence-electron chi connectivity index (χ0n) is 11.4. The largest absolute Gasteiger partial charge is 0.354 e. The number of halogens is 2. The molecule has 0 aliphatic heterocycles. The number of nitrogens with one attached hydrogen (secondary N) is 1. The highest BCUT2D eigenvalue weighted by atomic mass is 79.9. The van der Waals surface area contributed by atoms with Crippen molar-refractivity contribution in [1.29, 1.82) is 0 Å². The summed E-state index contributed by atoms with van der Waals surface area (Å²) in [5.41, 5.74) is 7.00. The van der Waals surface area contributed by atoms with Crippen molar-refractivity contribution >= 4 is 45.6 Å². The van der Waals surface area contributed by atoms with E-state index in [9.17, 15) is 4.79 Å². The topological polar surface area (TPSA) is 55.1 Å². The van der Waals surface area contributed by atoms with E-state index in [1.807, 2.05) is 36.4 Å². The molecule has 0 aliphatic carbocycles. The highest BCUT2D eigenvalue weighted by Crippen LogP contribution is 2.22. The van der Waals surface area contributed by atoms with Crippen LogP contribution >= 0.6 is 39.7 Å². The zero-order chi connectivity index (χ0) is 14.4. The normalized spacial score (nSPS) is 11.5. The van der Waals surface area contributed by atoms with E-state index < -0.39 is 6.04 Å². The first-order valence-corrected chi connectivity index (χ1v) is 8.07. The number of benzene rings is 1. The Morgan fingerprint density at radius 2 is 1.95 bits per heavy atom. The van der Waals surface area contributed by atoms with Crippen molar-refractivity contribution in [3.8, 4) is 0 Å². The van der Waals surface area contributed by atoms with Crippen LogP contribution in [0.1, 0.15) is 10.4 Å². The van der Waals surface area contributed by atoms with Crippen LogP contribution in [0.2, 0.25) is 0 Å². The van der Waals surface area contributed by atoms with E-state index in [2.05, 4.69) is 27.3 Å². The van der Waals surface area contributed by atoms with Gasteiger partial charge in [-0.2, -0.15) is 0 Å². The highest BCUT2D eigenvalue weighted by molar-refractivity contribution is 9.11. The summed E-state index contributed by atoms with van der Waals surface area (Å²) in [7, 11) is 0. The van der Waals surface area contributed by atoms with E-state index in [-0.39, 0.29) is 18.3 Å². The summed E-state index contributed by atoms with van der Waals surface area (Å²) in [6.45, 7) is 0.619. The molecule has 3 nitrogen and oxygen atoms in total. The summed E-state index contributed by atoms with van der Waals surface area (Å²) in [5.74, 6) is -0.0931. The average Bonchev–Trinajstić information content (AvgIpc) is 2.85. The molecule has 0 fully saturated rings. The van der Waals surface area contributed by atoms with E-state index in [0.29, 0.717) is 13.0 Å². The van der Waals surface area contributed by atoms with Crippen molar-refractivity contribution < 1.29 is 4.79 Å². The number of amides is 1. The molecule has 0 aliphatic rings. The molecule has 3 N–H and O–H groups in total.